The molecule has 1 aromatic rings. The predicted octanol–water partition coefficient (Wildman–Crippen LogP) is 0.439. The average Bonchev–Trinajstić information content (AvgIpc) is 2.43. The number of nitrogens with two attached hydrogens (primary N) is 1. The Balaban J connectivity index is 2.63. The lowest BCUT2D eigenvalue weighted by molar-refractivity contribution is -0.124. The van der Waals surface area contributed by atoms with Crippen LogP contribution in [-0.4, -0.2) is 25.0 Å². The summed E-state index contributed by atoms with van der Waals surface area (Å²) in [5.41, 5.74) is 10.6. The zero-order valence-electron chi connectivity index (χ0n) is 11.3. The van der Waals surface area contributed by atoms with Gasteiger partial charge in [0.05, 0.1) is 18.7 Å². The van der Waals surface area contributed by atoms with Gasteiger partial charge in [-0.15, -0.1) is 0 Å². The normalized spacial score (nSPS) is 11.8. The summed E-state index contributed by atoms with van der Waals surface area (Å²) in [7, 11) is 1.47. The minimum atomic E-state index is -0.669. The maximum absolute atomic E-state index is 11.9. The molecular weight excluding hydrogens is 246 g/mol. The number of amides is 2. The van der Waals surface area contributed by atoms with Gasteiger partial charge >= 0.3 is 0 Å². The number of carbonyl (C=O) groups excluding carboxylic acids is 2. The number of hydrogen-bond acceptors (Lipinski definition) is 4. The van der Waals surface area contributed by atoms with E-state index in [1.54, 1.807) is 24.3 Å². The number of methoxy groups -OCH3 is 1. The first-order chi connectivity index (χ1) is 8.97. The molecule has 0 radical (unpaired) electrons. The fourth-order valence-corrected chi connectivity index (χ4v) is 1.40. The molecule has 0 aromatic heterocycles. The molecule has 6 heteroatoms. The molecule has 104 valence electrons. The van der Waals surface area contributed by atoms with Crippen molar-refractivity contribution in [1.82, 2.24) is 10.9 Å². The highest BCUT2D eigenvalue weighted by molar-refractivity contribution is 5.98. The molecule has 0 aliphatic heterocycles. The molecule has 0 spiro atoms. The standard InChI is InChI=1S/C13H19N3O3/c1-8(2)11(14)13(18)16-15-12(17)9-6-4-5-7-10(9)19-3/h4-8,11H,14H2,1-3H3,(H,15,17)(H,16,18). The van der Waals surface area contributed by atoms with Gasteiger partial charge in [-0.05, 0) is 18.1 Å². The van der Waals surface area contributed by atoms with E-state index in [0.717, 1.165) is 0 Å². The van der Waals surface area contributed by atoms with Gasteiger partial charge in [0.1, 0.15) is 5.75 Å². The summed E-state index contributed by atoms with van der Waals surface area (Å²) < 4.78 is 5.06. The van der Waals surface area contributed by atoms with Crippen LogP contribution in [0.5, 0.6) is 5.75 Å². The van der Waals surface area contributed by atoms with E-state index in [0.29, 0.717) is 11.3 Å². The molecule has 1 unspecified atom stereocenters. The Labute approximate surface area is 112 Å². The fraction of sp³-hybridized carbons (Fsp3) is 0.385. The third-order valence-corrected chi connectivity index (χ3v) is 2.67. The summed E-state index contributed by atoms with van der Waals surface area (Å²) in [5.74, 6) is -0.467. The van der Waals surface area contributed by atoms with Crippen molar-refractivity contribution in [3.8, 4) is 5.75 Å². The number of rotatable bonds is 4. The molecule has 4 N–H and O–H groups in total. The predicted molar refractivity (Wildman–Crippen MR) is 71.4 cm³/mol. The summed E-state index contributed by atoms with van der Waals surface area (Å²) in [5, 5.41) is 0. The number of hydrogen-bond donors (Lipinski definition) is 3. The molecule has 6 nitrogen and oxygen atoms in total. The van der Waals surface area contributed by atoms with Crippen LogP contribution < -0.4 is 21.3 Å². The van der Waals surface area contributed by atoms with Crippen molar-refractivity contribution in [2.24, 2.45) is 11.7 Å². The van der Waals surface area contributed by atoms with Crippen LogP contribution in [0.4, 0.5) is 0 Å². The van der Waals surface area contributed by atoms with Gasteiger partial charge in [-0.1, -0.05) is 26.0 Å². The largest absolute Gasteiger partial charge is 0.496 e. The first kappa shape index (κ1) is 15.0. The van der Waals surface area contributed by atoms with Gasteiger partial charge in [0, 0.05) is 0 Å². The van der Waals surface area contributed by atoms with Gasteiger partial charge in [-0.2, -0.15) is 0 Å². The van der Waals surface area contributed by atoms with Gasteiger partial charge < -0.3 is 10.5 Å². The van der Waals surface area contributed by atoms with Crippen LogP contribution >= 0.6 is 0 Å². The van der Waals surface area contributed by atoms with Crippen molar-refractivity contribution in [3.05, 3.63) is 29.8 Å². The van der Waals surface area contributed by atoms with Crippen LogP contribution in [0.2, 0.25) is 0 Å². The molecule has 0 fully saturated rings. The monoisotopic (exact) mass is 265 g/mol. The minimum absolute atomic E-state index is 0.0110. The van der Waals surface area contributed by atoms with Crippen LogP contribution in [0.25, 0.3) is 0 Å². The maximum atomic E-state index is 11.9. The Hall–Kier alpha value is -2.08. The Kier molecular flexibility index (Phi) is 5.32. The van der Waals surface area contributed by atoms with Crippen molar-refractivity contribution in [1.29, 1.82) is 0 Å². The lowest BCUT2D eigenvalue weighted by atomic mass is 10.1. The lowest BCUT2D eigenvalue weighted by Gasteiger charge is -2.16. The topological polar surface area (TPSA) is 93.5 Å². The second kappa shape index (κ2) is 6.75. The third kappa shape index (κ3) is 3.96. The van der Waals surface area contributed by atoms with Crippen molar-refractivity contribution < 1.29 is 14.3 Å². The number of benzene rings is 1. The summed E-state index contributed by atoms with van der Waals surface area (Å²) >= 11 is 0. The highest BCUT2D eigenvalue weighted by Gasteiger charge is 2.18. The number of hydrazine groups is 1. The van der Waals surface area contributed by atoms with Crippen LogP contribution in [0.1, 0.15) is 24.2 Å². The van der Waals surface area contributed by atoms with E-state index < -0.39 is 17.9 Å². The molecular formula is C13H19N3O3. The van der Waals surface area contributed by atoms with Crippen molar-refractivity contribution in [2.75, 3.05) is 7.11 Å². The molecule has 0 bridgehead atoms. The first-order valence-electron chi connectivity index (χ1n) is 5.96. The van der Waals surface area contributed by atoms with Gasteiger partial charge in [-0.25, -0.2) is 0 Å². The van der Waals surface area contributed by atoms with E-state index in [2.05, 4.69) is 10.9 Å². The summed E-state index contributed by atoms with van der Waals surface area (Å²) in [6.45, 7) is 3.65. The Morgan fingerprint density at radius 3 is 2.42 bits per heavy atom. The average molecular weight is 265 g/mol. The maximum Gasteiger partial charge on any atom is 0.273 e. The van der Waals surface area contributed by atoms with E-state index in [9.17, 15) is 9.59 Å². The van der Waals surface area contributed by atoms with Gasteiger partial charge in [0.2, 0.25) is 0 Å². The zero-order chi connectivity index (χ0) is 14.4. The molecule has 0 saturated heterocycles. The Bertz CT molecular complexity index is 460. The van der Waals surface area contributed by atoms with Crippen molar-refractivity contribution >= 4 is 11.8 Å². The SMILES string of the molecule is COc1ccccc1C(=O)NNC(=O)C(N)C(C)C. The van der Waals surface area contributed by atoms with E-state index >= 15 is 0 Å². The van der Waals surface area contributed by atoms with Gasteiger partial charge in [0.15, 0.2) is 0 Å². The molecule has 0 heterocycles. The molecule has 2 amide bonds. The van der Waals surface area contributed by atoms with Crippen LogP contribution in [0.15, 0.2) is 24.3 Å². The highest BCUT2D eigenvalue weighted by atomic mass is 16.5. The fourth-order valence-electron chi connectivity index (χ4n) is 1.40. The van der Waals surface area contributed by atoms with E-state index in [4.69, 9.17) is 10.5 Å². The number of ether oxygens (including phenoxy) is 1. The van der Waals surface area contributed by atoms with Crippen LogP contribution in [0, 0.1) is 5.92 Å². The summed E-state index contributed by atoms with van der Waals surface area (Å²) in [6, 6.07) is 6.05. The van der Waals surface area contributed by atoms with E-state index in [1.807, 2.05) is 13.8 Å². The molecule has 0 saturated carbocycles. The molecule has 1 rings (SSSR count). The van der Waals surface area contributed by atoms with Gasteiger partial charge in [-0.3, -0.25) is 20.4 Å². The second-order valence-electron chi connectivity index (χ2n) is 4.41. The van der Waals surface area contributed by atoms with Crippen LogP contribution in [-0.2, 0) is 4.79 Å². The zero-order valence-corrected chi connectivity index (χ0v) is 11.3. The summed E-state index contributed by atoms with van der Waals surface area (Å²) in [4.78, 5) is 23.5. The second-order valence-corrected chi connectivity index (χ2v) is 4.41. The molecule has 19 heavy (non-hydrogen) atoms. The van der Waals surface area contributed by atoms with E-state index in [-0.39, 0.29) is 5.92 Å². The van der Waals surface area contributed by atoms with Gasteiger partial charge in [0.25, 0.3) is 11.8 Å². The van der Waals surface area contributed by atoms with Crippen molar-refractivity contribution in [3.63, 3.8) is 0 Å². The minimum Gasteiger partial charge on any atom is -0.496 e. The van der Waals surface area contributed by atoms with E-state index in [1.165, 1.54) is 7.11 Å². The molecule has 0 aliphatic carbocycles. The highest BCUT2D eigenvalue weighted by Crippen LogP contribution is 2.16. The van der Waals surface area contributed by atoms with Crippen LogP contribution in [0.3, 0.4) is 0 Å². The Morgan fingerprint density at radius 2 is 1.84 bits per heavy atom. The van der Waals surface area contributed by atoms with Crippen molar-refractivity contribution in [2.45, 2.75) is 19.9 Å². The molecule has 0 aliphatic rings. The number of carbonyl (C=O) groups is 2. The Morgan fingerprint density at radius 1 is 1.21 bits per heavy atom. The third-order valence-electron chi connectivity index (χ3n) is 2.67. The molecule has 1 atom stereocenters. The number of para-hydroxylation sites is 1. The quantitative estimate of drug-likeness (QED) is 0.689. The smallest absolute Gasteiger partial charge is 0.273 e. The molecule has 1 aromatic carbocycles. The number of nitrogens with one attached hydrogen (secondary N) is 2. The first-order valence-corrected chi connectivity index (χ1v) is 5.96. The lowest BCUT2D eigenvalue weighted by Crippen LogP contribution is -2.51. The summed E-state index contributed by atoms with van der Waals surface area (Å²) in [6.07, 6.45) is 0.